The molecule has 2 aromatic rings. The fourth-order valence-corrected chi connectivity index (χ4v) is 5.17. The molecule has 0 aliphatic carbocycles. The molecule has 3 rings (SSSR count). The van der Waals surface area contributed by atoms with E-state index in [0.717, 1.165) is 17.4 Å². The van der Waals surface area contributed by atoms with Crippen molar-refractivity contribution in [1.29, 1.82) is 0 Å². The van der Waals surface area contributed by atoms with Crippen LogP contribution in [0.5, 0.6) is 0 Å². The number of sulfonamides is 1. The third-order valence-electron chi connectivity index (χ3n) is 3.55. The number of nitrogens with one attached hydrogen (secondary N) is 2. The van der Waals surface area contributed by atoms with Crippen LogP contribution in [0.1, 0.15) is 17.0 Å². The average Bonchev–Trinajstić information content (AvgIpc) is 3.15. The minimum Gasteiger partial charge on any atom is -0.380 e. The summed E-state index contributed by atoms with van der Waals surface area (Å²) < 4.78 is 70.5. The van der Waals surface area contributed by atoms with E-state index in [1.165, 1.54) is 6.07 Å². The van der Waals surface area contributed by atoms with Crippen LogP contribution >= 0.6 is 11.3 Å². The molecule has 0 amide bonds. The van der Waals surface area contributed by atoms with E-state index < -0.39 is 21.9 Å². The van der Waals surface area contributed by atoms with Crippen molar-refractivity contribution in [1.82, 2.24) is 14.9 Å². The van der Waals surface area contributed by atoms with Gasteiger partial charge in [-0.05, 0) is 25.5 Å². The number of nitrogens with zero attached hydrogens (tertiary/aromatic N) is 1. The van der Waals surface area contributed by atoms with E-state index in [4.69, 9.17) is 4.74 Å². The molecule has 24 heavy (non-hydrogen) atoms. The number of aryl methyl sites for hydroxylation is 1. The molecule has 0 aromatic carbocycles. The summed E-state index contributed by atoms with van der Waals surface area (Å²) in [4.78, 5) is 0.876. The summed E-state index contributed by atoms with van der Waals surface area (Å²) in [6.07, 6.45) is -3.94. The smallest absolute Gasteiger partial charge is 0.380 e. The summed E-state index contributed by atoms with van der Waals surface area (Å²) >= 11 is 1.08. The van der Waals surface area contributed by atoms with Crippen LogP contribution in [0.2, 0.25) is 0 Å². The zero-order valence-corrected chi connectivity index (χ0v) is 14.1. The van der Waals surface area contributed by atoms with Crippen molar-refractivity contribution in [3.05, 3.63) is 22.7 Å². The van der Waals surface area contributed by atoms with Gasteiger partial charge >= 0.3 is 6.18 Å². The quantitative estimate of drug-likeness (QED) is 0.853. The highest BCUT2D eigenvalue weighted by molar-refractivity contribution is 7.89. The van der Waals surface area contributed by atoms with Crippen molar-refractivity contribution >= 4 is 21.4 Å². The Morgan fingerprint density at radius 2 is 2.17 bits per heavy atom. The van der Waals surface area contributed by atoms with Crippen LogP contribution in [0.4, 0.5) is 13.2 Å². The lowest BCUT2D eigenvalue weighted by Crippen LogP contribution is -2.35. The number of aromatic nitrogens is 2. The molecule has 0 saturated carbocycles. The fourth-order valence-electron chi connectivity index (χ4n) is 2.36. The Hall–Kier alpha value is -1.43. The number of ether oxygens (including phenoxy) is 1. The van der Waals surface area contributed by atoms with Crippen molar-refractivity contribution < 1.29 is 26.3 Å². The molecular weight excluding hydrogens is 367 g/mol. The first-order valence-corrected chi connectivity index (χ1v) is 9.30. The van der Waals surface area contributed by atoms with Crippen molar-refractivity contribution in [2.45, 2.75) is 30.5 Å². The fraction of sp³-hybridized carbons (Fsp3) is 0.462. The lowest BCUT2D eigenvalue weighted by Gasteiger charge is -2.10. The second kappa shape index (κ2) is 6.14. The third kappa shape index (κ3) is 3.48. The highest BCUT2D eigenvalue weighted by Crippen LogP contribution is 2.35. The Morgan fingerprint density at radius 1 is 1.42 bits per heavy atom. The standard InChI is InChI=1S/C13H14F3N3O3S2/c1-7-11(24(20,21)19-8-2-3-22-6-8)5-10(23-7)9-4-12(18-17-9)13(14,15)16/h4-5,8,19H,2-3,6H2,1H3,(H,17,18). The van der Waals surface area contributed by atoms with Gasteiger partial charge in [0.25, 0.3) is 0 Å². The van der Waals surface area contributed by atoms with E-state index in [9.17, 15) is 21.6 Å². The SMILES string of the molecule is Cc1sc(-c2cc(C(F)(F)F)[nH]n2)cc1S(=O)(=O)NC1CCOC1. The minimum absolute atomic E-state index is 0.0472. The highest BCUT2D eigenvalue weighted by atomic mass is 32.2. The monoisotopic (exact) mass is 381 g/mol. The maximum absolute atomic E-state index is 12.6. The minimum atomic E-state index is -4.53. The number of hydrogen-bond donors (Lipinski definition) is 2. The summed E-state index contributed by atoms with van der Waals surface area (Å²) in [5.74, 6) is 0. The predicted molar refractivity (Wildman–Crippen MR) is 81.2 cm³/mol. The van der Waals surface area contributed by atoms with Gasteiger partial charge in [0.2, 0.25) is 10.0 Å². The normalized spacial score (nSPS) is 19.1. The molecule has 3 heterocycles. The number of thiophene rings is 1. The van der Waals surface area contributed by atoms with E-state index in [-0.39, 0.29) is 16.6 Å². The second-order valence-electron chi connectivity index (χ2n) is 5.38. The van der Waals surface area contributed by atoms with Crippen molar-refractivity contribution in [2.24, 2.45) is 0 Å². The molecule has 1 saturated heterocycles. The van der Waals surface area contributed by atoms with Crippen LogP contribution in [0.25, 0.3) is 10.6 Å². The molecule has 1 aliphatic heterocycles. The number of H-pyrrole nitrogens is 1. The summed E-state index contributed by atoms with van der Waals surface area (Å²) in [7, 11) is -3.76. The summed E-state index contributed by atoms with van der Waals surface area (Å²) in [6.45, 7) is 2.41. The van der Waals surface area contributed by atoms with E-state index in [2.05, 4.69) is 9.82 Å². The number of aromatic amines is 1. The Bertz CT molecular complexity index is 836. The molecule has 2 N–H and O–H groups in total. The van der Waals surface area contributed by atoms with Gasteiger partial charge in [0.05, 0.1) is 16.4 Å². The number of alkyl halides is 3. The van der Waals surface area contributed by atoms with E-state index in [0.29, 0.717) is 29.4 Å². The van der Waals surface area contributed by atoms with Gasteiger partial charge in [-0.25, -0.2) is 13.1 Å². The van der Waals surface area contributed by atoms with Crippen LogP contribution in [0, 0.1) is 6.92 Å². The van der Waals surface area contributed by atoms with Gasteiger partial charge in [-0.3, -0.25) is 5.10 Å². The Kier molecular flexibility index (Phi) is 4.45. The Labute approximate surface area is 140 Å². The van der Waals surface area contributed by atoms with Gasteiger partial charge in [0, 0.05) is 17.5 Å². The Balaban J connectivity index is 1.88. The first-order valence-electron chi connectivity index (χ1n) is 7.00. The highest BCUT2D eigenvalue weighted by Gasteiger charge is 2.33. The summed E-state index contributed by atoms with van der Waals surface area (Å²) in [5, 5.41) is 5.54. The van der Waals surface area contributed by atoms with Crippen molar-refractivity contribution in [2.75, 3.05) is 13.2 Å². The van der Waals surface area contributed by atoms with Crippen LogP contribution < -0.4 is 4.72 Å². The average molecular weight is 381 g/mol. The molecular formula is C13H14F3N3O3S2. The molecule has 1 fully saturated rings. The van der Waals surface area contributed by atoms with Crippen LogP contribution in [0.15, 0.2) is 17.0 Å². The van der Waals surface area contributed by atoms with Gasteiger partial charge < -0.3 is 4.74 Å². The van der Waals surface area contributed by atoms with E-state index in [1.54, 1.807) is 6.92 Å². The molecule has 132 valence electrons. The number of hydrogen-bond acceptors (Lipinski definition) is 5. The molecule has 0 spiro atoms. The molecule has 11 heteroatoms. The first kappa shape index (κ1) is 17.4. The third-order valence-corrected chi connectivity index (χ3v) is 6.40. The largest absolute Gasteiger partial charge is 0.432 e. The van der Waals surface area contributed by atoms with Crippen LogP contribution in [-0.2, 0) is 20.9 Å². The number of rotatable bonds is 4. The zero-order valence-electron chi connectivity index (χ0n) is 12.5. The summed E-state index contributed by atoms with van der Waals surface area (Å²) in [6, 6.07) is 1.91. The molecule has 2 aromatic heterocycles. The second-order valence-corrected chi connectivity index (χ2v) is 8.32. The molecule has 1 unspecified atom stereocenters. The van der Waals surface area contributed by atoms with Gasteiger partial charge in [-0.1, -0.05) is 0 Å². The zero-order chi connectivity index (χ0) is 17.5. The van der Waals surface area contributed by atoms with Gasteiger partial charge in [-0.2, -0.15) is 18.3 Å². The summed E-state index contributed by atoms with van der Waals surface area (Å²) in [5.41, 5.74) is -0.921. The maximum Gasteiger partial charge on any atom is 0.432 e. The molecule has 0 radical (unpaired) electrons. The van der Waals surface area contributed by atoms with E-state index in [1.807, 2.05) is 5.10 Å². The lowest BCUT2D eigenvalue weighted by atomic mass is 10.3. The molecule has 6 nitrogen and oxygen atoms in total. The Morgan fingerprint density at radius 3 is 2.75 bits per heavy atom. The van der Waals surface area contributed by atoms with Gasteiger partial charge in [-0.15, -0.1) is 11.3 Å². The topological polar surface area (TPSA) is 84.1 Å². The first-order chi connectivity index (χ1) is 11.2. The van der Waals surface area contributed by atoms with E-state index >= 15 is 0 Å². The van der Waals surface area contributed by atoms with Gasteiger partial charge in [0.1, 0.15) is 11.4 Å². The predicted octanol–water partition coefficient (Wildman–Crippen LogP) is 2.53. The maximum atomic E-state index is 12.6. The molecule has 1 aliphatic rings. The molecule has 0 bridgehead atoms. The van der Waals surface area contributed by atoms with Gasteiger partial charge in [0.15, 0.2) is 0 Å². The van der Waals surface area contributed by atoms with Crippen LogP contribution in [0.3, 0.4) is 0 Å². The lowest BCUT2D eigenvalue weighted by molar-refractivity contribution is -0.141. The number of halogens is 3. The molecule has 1 atom stereocenters. The van der Waals surface area contributed by atoms with Crippen molar-refractivity contribution in [3.63, 3.8) is 0 Å². The van der Waals surface area contributed by atoms with Crippen molar-refractivity contribution in [3.8, 4) is 10.6 Å². The van der Waals surface area contributed by atoms with Crippen LogP contribution in [-0.4, -0.2) is 37.9 Å².